The average molecular weight is 225 g/mol. The van der Waals surface area contributed by atoms with Crippen LogP contribution < -0.4 is 10.6 Å². The molecule has 4 nitrogen and oxygen atoms in total. The molecule has 0 aromatic rings. The van der Waals surface area contributed by atoms with Gasteiger partial charge in [-0.3, -0.25) is 0 Å². The third-order valence-electron chi connectivity index (χ3n) is 4.09. The Kier molecular flexibility index (Phi) is 3.38. The van der Waals surface area contributed by atoms with Gasteiger partial charge >= 0.3 is 6.03 Å². The van der Waals surface area contributed by atoms with Crippen LogP contribution in [0.3, 0.4) is 0 Å². The summed E-state index contributed by atoms with van der Waals surface area (Å²) in [6.45, 7) is 3.80. The number of hydrogen-bond acceptors (Lipinski definition) is 2. The van der Waals surface area contributed by atoms with E-state index in [4.69, 9.17) is 0 Å². The van der Waals surface area contributed by atoms with Crippen molar-refractivity contribution >= 4 is 6.03 Å². The van der Waals surface area contributed by atoms with Gasteiger partial charge in [0.05, 0.1) is 0 Å². The standard InChI is InChI=1S/C12H23N3O/c1-3-15(2)11(16)14-10-5-8-13-12(9-10)6-4-7-12/h10,13H,3-9H2,1-2H3,(H,14,16). The number of rotatable bonds is 2. The number of nitrogens with one attached hydrogen (secondary N) is 2. The molecule has 0 aromatic carbocycles. The SMILES string of the molecule is CCN(C)C(=O)NC1CCNC2(CCC2)C1. The number of carbonyl (C=O) groups is 1. The molecule has 2 N–H and O–H groups in total. The normalized spacial score (nSPS) is 27.2. The molecule has 1 heterocycles. The summed E-state index contributed by atoms with van der Waals surface area (Å²) in [6.07, 6.45) is 6.07. The van der Waals surface area contributed by atoms with Crippen molar-refractivity contribution in [1.29, 1.82) is 0 Å². The molecule has 1 aliphatic carbocycles. The first-order valence-electron chi connectivity index (χ1n) is 6.42. The Hall–Kier alpha value is -0.770. The highest BCUT2D eigenvalue weighted by atomic mass is 16.2. The van der Waals surface area contributed by atoms with E-state index in [-0.39, 0.29) is 6.03 Å². The second-order valence-electron chi connectivity index (χ2n) is 5.21. The van der Waals surface area contributed by atoms with E-state index in [1.165, 1.54) is 19.3 Å². The highest BCUT2D eigenvalue weighted by Crippen LogP contribution is 2.38. The van der Waals surface area contributed by atoms with Gasteiger partial charge in [-0.25, -0.2) is 4.79 Å². The molecule has 0 radical (unpaired) electrons. The Morgan fingerprint density at radius 1 is 1.56 bits per heavy atom. The summed E-state index contributed by atoms with van der Waals surface area (Å²) in [4.78, 5) is 13.5. The fourth-order valence-corrected chi connectivity index (χ4v) is 2.69. The third-order valence-corrected chi connectivity index (χ3v) is 4.09. The maximum Gasteiger partial charge on any atom is 0.317 e. The van der Waals surface area contributed by atoms with Gasteiger partial charge in [-0.15, -0.1) is 0 Å². The molecule has 2 aliphatic rings. The number of hydrogen-bond donors (Lipinski definition) is 2. The van der Waals surface area contributed by atoms with Crippen LogP contribution in [0.25, 0.3) is 0 Å². The average Bonchev–Trinajstić information content (AvgIpc) is 2.26. The van der Waals surface area contributed by atoms with Crippen LogP contribution in [0.4, 0.5) is 4.79 Å². The Labute approximate surface area is 97.8 Å². The number of amides is 2. The van der Waals surface area contributed by atoms with Crippen LogP contribution in [0.1, 0.15) is 39.0 Å². The summed E-state index contributed by atoms with van der Waals surface area (Å²) in [5.74, 6) is 0. The molecule has 0 aromatic heterocycles. The molecule has 1 saturated carbocycles. The summed E-state index contributed by atoms with van der Waals surface area (Å²) < 4.78 is 0. The molecule has 0 bridgehead atoms. The Morgan fingerprint density at radius 3 is 2.88 bits per heavy atom. The van der Waals surface area contributed by atoms with Crippen LogP contribution >= 0.6 is 0 Å². The molecular weight excluding hydrogens is 202 g/mol. The lowest BCUT2D eigenvalue weighted by Crippen LogP contribution is -2.60. The molecule has 4 heteroatoms. The van der Waals surface area contributed by atoms with Crippen molar-refractivity contribution in [1.82, 2.24) is 15.5 Å². The summed E-state index contributed by atoms with van der Waals surface area (Å²) in [5, 5.41) is 6.75. The fraction of sp³-hybridized carbons (Fsp3) is 0.917. The van der Waals surface area contributed by atoms with Crippen molar-refractivity contribution in [3.05, 3.63) is 0 Å². The lowest BCUT2D eigenvalue weighted by molar-refractivity contribution is 0.118. The van der Waals surface area contributed by atoms with Gasteiger partial charge < -0.3 is 15.5 Å². The van der Waals surface area contributed by atoms with Crippen molar-refractivity contribution in [3.63, 3.8) is 0 Å². The van der Waals surface area contributed by atoms with Crippen LogP contribution in [0.15, 0.2) is 0 Å². The highest BCUT2D eigenvalue weighted by molar-refractivity contribution is 5.74. The van der Waals surface area contributed by atoms with Gasteiger partial charge in [-0.05, 0) is 45.6 Å². The largest absolute Gasteiger partial charge is 0.335 e. The van der Waals surface area contributed by atoms with Crippen molar-refractivity contribution < 1.29 is 4.79 Å². The summed E-state index contributed by atoms with van der Waals surface area (Å²) >= 11 is 0. The Morgan fingerprint density at radius 2 is 2.31 bits per heavy atom. The molecule has 1 aliphatic heterocycles. The van der Waals surface area contributed by atoms with Crippen LogP contribution in [-0.2, 0) is 0 Å². The van der Waals surface area contributed by atoms with Gasteiger partial charge in [-0.2, -0.15) is 0 Å². The van der Waals surface area contributed by atoms with Gasteiger partial charge in [0.2, 0.25) is 0 Å². The van der Waals surface area contributed by atoms with Crippen LogP contribution in [0, 0.1) is 0 Å². The first-order chi connectivity index (χ1) is 7.65. The molecule has 2 amide bonds. The van der Waals surface area contributed by atoms with E-state index in [0.717, 1.165) is 25.9 Å². The number of piperidine rings is 1. The molecule has 1 atom stereocenters. The molecule has 1 saturated heterocycles. The zero-order valence-corrected chi connectivity index (χ0v) is 10.4. The van der Waals surface area contributed by atoms with Crippen LogP contribution in [-0.4, -0.2) is 42.6 Å². The van der Waals surface area contributed by atoms with E-state index < -0.39 is 0 Å². The second kappa shape index (κ2) is 4.62. The molecule has 2 rings (SSSR count). The minimum Gasteiger partial charge on any atom is -0.335 e. The Bertz CT molecular complexity index is 263. The van der Waals surface area contributed by atoms with Gasteiger partial charge in [0.25, 0.3) is 0 Å². The highest BCUT2D eigenvalue weighted by Gasteiger charge is 2.41. The van der Waals surface area contributed by atoms with E-state index in [1.54, 1.807) is 4.90 Å². The topological polar surface area (TPSA) is 44.4 Å². The maximum atomic E-state index is 11.8. The predicted molar refractivity (Wildman–Crippen MR) is 64.4 cm³/mol. The van der Waals surface area contributed by atoms with Crippen LogP contribution in [0.2, 0.25) is 0 Å². The molecule has 1 spiro atoms. The van der Waals surface area contributed by atoms with E-state index in [1.807, 2.05) is 14.0 Å². The monoisotopic (exact) mass is 225 g/mol. The number of urea groups is 1. The van der Waals surface area contributed by atoms with Crippen LogP contribution in [0.5, 0.6) is 0 Å². The third kappa shape index (κ3) is 2.32. The molecule has 16 heavy (non-hydrogen) atoms. The van der Waals surface area contributed by atoms with E-state index in [2.05, 4.69) is 10.6 Å². The van der Waals surface area contributed by atoms with Crippen molar-refractivity contribution in [2.45, 2.75) is 50.6 Å². The van der Waals surface area contributed by atoms with Crippen molar-refractivity contribution in [2.75, 3.05) is 20.1 Å². The molecule has 92 valence electrons. The quantitative estimate of drug-likeness (QED) is 0.744. The maximum absolute atomic E-state index is 11.8. The minimum atomic E-state index is 0.0730. The summed E-state index contributed by atoms with van der Waals surface area (Å²) in [5.41, 5.74) is 0.362. The summed E-state index contributed by atoms with van der Waals surface area (Å²) in [6, 6.07) is 0.437. The smallest absolute Gasteiger partial charge is 0.317 e. The number of nitrogens with zero attached hydrogens (tertiary/aromatic N) is 1. The lowest BCUT2D eigenvalue weighted by Gasteiger charge is -2.48. The van der Waals surface area contributed by atoms with Gasteiger partial charge in [-0.1, -0.05) is 0 Å². The van der Waals surface area contributed by atoms with E-state index in [0.29, 0.717) is 11.6 Å². The first kappa shape index (κ1) is 11.7. The molecule has 1 unspecified atom stereocenters. The minimum absolute atomic E-state index is 0.0730. The molecule has 2 fully saturated rings. The zero-order chi connectivity index (χ0) is 11.6. The van der Waals surface area contributed by atoms with E-state index in [9.17, 15) is 4.79 Å². The lowest BCUT2D eigenvalue weighted by atomic mass is 9.70. The first-order valence-corrected chi connectivity index (χ1v) is 6.42. The van der Waals surface area contributed by atoms with E-state index >= 15 is 0 Å². The predicted octanol–water partition coefficient (Wildman–Crippen LogP) is 1.32. The van der Waals surface area contributed by atoms with Gasteiger partial charge in [0, 0.05) is 25.2 Å². The Balaban J connectivity index is 1.83. The number of carbonyl (C=O) groups excluding carboxylic acids is 1. The summed E-state index contributed by atoms with van der Waals surface area (Å²) in [7, 11) is 1.84. The molecular formula is C12H23N3O. The zero-order valence-electron chi connectivity index (χ0n) is 10.4. The van der Waals surface area contributed by atoms with Crippen molar-refractivity contribution in [2.24, 2.45) is 0 Å². The van der Waals surface area contributed by atoms with Gasteiger partial charge in [0.15, 0.2) is 0 Å². The van der Waals surface area contributed by atoms with Crippen molar-refractivity contribution in [3.8, 4) is 0 Å². The van der Waals surface area contributed by atoms with Gasteiger partial charge in [0.1, 0.15) is 0 Å². The second-order valence-corrected chi connectivity index (χ2v) is 5.21. The fourth-order valence-electron chi connectivity index (χ4n) is 2.69.